The molecule has 1 saturated heterocycles. The Kier molecular flexibility index (Phi) is 6.04. The largest absolute Gasteiger partial charge is 0.497 e. The number of amides is 1. The molecule has 4 rings (SSSR count). The number of benzene rings is 2. The van der Waals surface area contributed by atoms with Gasteiger partial charge in [-0.3, -0.25) is 4.79 Å². The molecule has 1 atom stereocenters. The fourth-order valence-electron chi connectivity index (χ4n) is 4.13. The fraction of sp³-hybridized carbons (Fsp3) is 0.375. The summed E-state index contributed by atoms with van der Waals surface area (Å²) >= 11 is 0. The average molecular weight is 410 g/mol. The van der Waals surface area contributed by atoms with Crippen LogP contribution in [0, 0.1) is 12.7 Å². The summed E-state index contributed by atoms with van der Waals surface area (Å²) in [6, 6.07) is 12.4. The van der Waals surface area contributed by atoms with E-state index >= 15 is 0 Å². The Morgan fingerprint density at radius 3 is 2.93 bits per heavy atom. The maximum absolute atomic E-state index is 13.8. The molecule has 1 unspecified atom stereocenters. The van der Waals surface area contributed by atoms with Crippen LogP contribution in [-0.4, -0.2) is 42.2 Å². The van der Waals surface area contributed by atoms with Gasteiger partial charge >= 0.3 is 0 Å². The fourth-order valence-corrected chi connectivity index (χ4v) is 4.13. The molecule has 1 aliphatic heterocycles. The van der Waals surface area contributed by atoms with Crippen molar-refractivity contribution in [2.24, 2.45) is 0 Å². The van der Waals surface area contributed by atoms with Crippen LogP contribution in [-0.2, 0) is 22.5 Å². The molecule has 1 fully saturated rings. The first-order valence-corrected chi connectivity index (χ1v) is 10.3. The highest BCUT2D eigenvalue weighted by atomic mass is 19.1. The van der Waals surface area contributed by atoms with E-state index in [9.17, 15) is 9.18 Å². The van der Waals surface area contributed by atoms with Gasteiger partial charge < -0.3 is 19.4 Å². The second-order valence-corrected chi connectivity index (χ2v) is 7.86. The number of rotatable bonds is 7. The van der Waals surface area contributed by atoms with Gasteiger partial charge in [-0.2, -0.15) is 0 Å². The Hall–Kier alpha value is -2.86. The molecule has 0 aliphatic carbocycles. The molecular weight excluding hydrogens is 383 g/mol. The van der Waals surface area contributed by atoms with Gasteiger partial charge in [-0.15, -0.1) is 0 Å². The summed E-state index contributed by atoms with van der Waals surface area (Å²) in [5.41, 5.74) is 3.58. The van der Waals surface area contributed by atoms with Crippen LogP contribution < -0.4 is 4.74 Å². The minimum Gasteiger partial charge on any atom is -0.497 e. The molecule has 30 heavy (non-hydrogen) atoms. The number of carbonyl (C=O) groups is 1. The number of aryl methyl sites for hydroxylation is 1. The Morgan fingerprint density at radius 2 is 2.17 bits per heavy atom. The number of nitrogens with zero attached hydrogens (tertiary/aromatic N) is 1. The van der Waals surface area contributed by atoms with E-state index in [0.717, 1.165) is 52.9 Å². The summed E-state index contributed by atoms with van der Waals surface area (Å²) in [6.45, 7) is 3.69. The van der Waals surface area contributed by atoms with Gasteiger partial charge in [0.15, 0.2) is 0 Å². The quantitative estimate of drug-likeness (QED) is 0.629. The lowest BCUT2D eigenvalue weighted by atomic mass is 10.1. The molecule has 158 valence electrons. The zero-order chi connectivity index (χ0) is 21.1. The molecule has 0 saturated carbocycles. The van der Waals surface area contributed by atoms with Gasteiger partial charge in [0.1, 0.15) is 11.6 Å². The standard InChI is InChI=1S/C24H27FN2O3/c1-16-21(22-12-18(25)8-9-23(22)26-16)13-24(28)27(15-20-7-4-10-30-20)14-17-5-3-6-19(11-17)29-2/h3,5-6,8-9,11-12,20,26H,4,7,10,13-15H2,1-2H3. The monoisotopic (exact) mass is 410 g/mol. The number of aromatic amines is 1. The SMILES string of the molecule is COc1cccc(CN(CC2CCCO2)C(=O)Cc2c(C)[nH]c3ccc(F)cc23)c1. The highest BCUT2D eigenvalue weighted by Gasteiger charge is 2.24. The van der Waals surface area contributed by atoms with Crippen LogP contribution in [0.3, 0.4) is 0 Å². The smallest absolute Gasteiger partial charge is 0.227 e. The third kappa shape index (κ3) is 4.49. The summed E-state index contributed by atoms with van der Waals surface area (Å²) in [5, 5.41) is 0.763. The Bertz CT molecular complexity index is 1040. The molecular formula is C24H27FN2O3. The van der Waals surface area contributed by atoms with Gasteiger partial charge in [-0.25, -0.2) is 4.39 Å². The Labute approximate surface area is 175 Å². The highest BCUT2D eigenvalue weighted by molar-refractivity contribution is 5.90. The van der Waals surface area contributed by atoms with Crippen molar-refractivity contribution >= 4 is 16.8 Å². The first-order valence-electron chi connectivity index (χ1n) is 10.3. The molecule has 3 aromatic rings. The van der Waals surface area contributed by atoms with Gasteiger partial charge in [0.05, 0.1) is 19.6 Å². The normalized spacial score (nSPS) is 16.2. The van der Waals surface area contributed by atoms with Crippen molar-refractivity contribution < 1.29 is 18.7 Å². The van der Waals surface area contributed by atoms with E-state index < -0.39 is 0 Å². The Balaban J connectivity index is 1.58. The van der Waals surface area contributed by atoms with Crippen molar-refractivity contribution in [1.82, 2.24) is 9.88 Å². The van der Waals surface area contributed by atoms with Crippen LogP contribution in [0.2, 0.25) is 0 Å². The molecule has 1 aliphatic rings. The van der Waals surface area contributed by atoms with Crippen LogP contribution in [0.25, 0.3) is 10.9 Å². The minimum atomic E-state index is -0.303. The molecule has 2 aromatic carbocycles. The summed E-state index contributed by atoms with van der Waals surface area (Å²) in [7, 11) is 1.63. The van der Waals surface area contributed by atoms with E-state index in [4.69, 9.17) is 9.47 Å². The van der Waals surface area contributed by atoms with E-state index in [0.29, 0.717) is 13.1 Å². The lowest BCUT2D eigenvalue weighted by Gasteiger charge is -2.26. The molecule has 2 heterocycles. The summed E-state index contributed by atoms with van der Waals surface area (Å²) < 4.78 is 24.9. The summed E-state index contributed by atoms with van der Waals surface area (Å²) in [6.07, 6.45) is 2.25. The van der Waals surface area contributed by atoms with Crippen molar-refractivity contribution in [1.29, 1.82) is 0 Å². The number of methoxy groups -OCH3 is 1. The number of carbonyl (C=O) groups excluding carboxylic acids is 1. The van der Waals surface area contributed by atoms with Gasteiger partial charge in [-0.05, 0) is 61.2 Å². The molecule has 5 nitrogen and oxygen atoms in total. The predicted molar refractivity (Wildman–Crippen MR) is 114 cm³/mol. The lowest BCUT2D eigenvalue weighted by Crippen LogP contribution is -2.38. The van der Waals surface area contributed by atoms with E-state index in [1.54, 1.807) is 13.2 Å². The third-order valence-electron chi connectivity index (χ3n) is 5.72. The number of hydrogen-bond donors (Lipinski definition) is 1. The zero-order valence-electron chi connectivity index (χ0n) is 17.4. The van der Waals surface area contributed by atoms with Crippen molar-refractivity contribution in [2.45, 2.75) is 38.8 Å². The molecule has 0 bridgehead atoms. The van der Waals surface area contributed by atoms with Gasteiger partial charge in [0.2, 0.25) is 5.91 Å². The van der Waals surface area contributed by atoms with Crippen LogP contribution in [0.4, 0.5) is 4.39 Å². The number of H-pyrrole nitrogens is 1. The van der Waals surface area contributed by atoms with Crippen molar-refractivity contribution in [2.75, 3.05) is 20.3 Å². The second-order valence-electron chi connectivity index (χ2n) is 7.86. The van der Waals surface area contributed by atoms with Crippen LogP contribution >= 0.6 is 0 Å². The van der Waals surface area contributed by atoms with E-state index in [1.165, 1.54) is 12.1 Å². The second kappa shape index (κ2) is 8.88. The molecule has 1 N–H and O–H groups in total. The predicted octanol–water partition coefficient (Wildman–Crippen LogP) is 4.37. The number of hydrogen-bond acceptors (Lipinski definition) is 3. The first kappa shape index (κ1) is 20.4. The minimum absolute atomic E-state index is 0.00146. The average Bonchev–Trinajstić information content (AvgIpc) is 3.36. The molecule has 1 amide bonds. The van der Waals surface area contributed by atoms with Gasteiger partial charge in [0, 0.05) is 36.3 Å². The van der Waals surface area contributed by atoms with E-state index in [2.05, 4.69) is 4.98 Å². The molecule has 1 aromatic heterocycles. The number of ether oxygens (including phenoxy) is 2. The van der Waals surface area contributed by atoms with Gasteiger partial charge in [-0.1, -0.05) is 12.1 Å². The maximum atomic E-state index is 13.8. The summed E-state index contributed by atoms with van der Waals surface area (Å²) in [4.78, 5) is 18.5. The number of nitrogens with one attached hydrogen (secondary N) is 1. The van der Waals surface area contributed by atoms with Crippen molar-refractivity contribution in [3.63, 3.8) is 0 Å². The number of halogens is 1. The highest BCUT2D eigenvalue weighted by Crippen LogP contribution is 2.25. The molecule has 0 spiro atoms. The van der Waals surface area contributed by atoms with Crippen LogP contribution in [0.1, 0.15) is 29.7 Å². The van der Waals surface area contributed by atoms with Crippen LogP contribution in [0.15, 0.2) is 42.5 Å². The topological polar surface area (TPSA) is 54.6 Å². The summed E-state index contributed by atoms with van der Waals surface area (Å²) in [5.74, 6) is 0.462. The van der Waals surface area contributed by atoms with E-state index in [-0.39, 0.29) is 24.2 Å². The molecule has 6 heteroatoms. The van der Waals surface area contributed by atoms with Crippen molar-refractivity contribution in [3.05, 3.63) is 65.1 Å². The first-order chi connectivity index (χ1) is 14.5. The lowest BCUT2D eigenvalue weighted by molar-refractivity contribution is -0.132. The third-order valence-corrected chi connectivity index (χ3v) is 5.72. The Morgan fingerprint density at radius 1 is 1.30 bits per heavy atom. The number of aromatic nitrogens is 1. The van der Waals surface area contributed by atoms with E-state index in [1.807, 2.05) is 36.1 Å². The van der Waals surface area contributed by atoms with Gasteiger partial charge in [0.25, 0.3) is 0 Å². The number of fused-ring (bicyclic) bond motifs is 1. The van der Waals surface area contributed by atoms with Crippen LogP contribution in [0.5, 0.6) is 5.75 Å². The molecule has 0 radical (unpaired) electrons. The van der Waals surface area contributed by atoms with Crippen molar-refractivity contribution in [3.8, 4) is 5.75 Å². The maximum Gasteiger partial charge on any atom is 0.227 e. The zero-order valence-corrected chi connectivity index (χ0v) is 17.4.